The summed E-state index contributed by atoms with van der Waals surface area (Å²) in [5.41, 5.74) is 3.24. The number of amides is 1. The predicted octanol–water partition coefficient (Wildman–Crippen LogP) is 3.85. The highest BCUT2D eigenvalue weighted by Gasteiger charge is 2.35. The van der Waals surface area contributed by atoms with Crippen molar-refractivity contribution >= 4 is 44.9 Å². The van der Waals surface area contributed by atoms with Crippen LogP contribution in [0.4, 0.5) is 13.2 Å². The highest BCUT2D eigenvalue weighted by molar-refractivity contribution is 7.92. The Labute approximate surface area is 274 Å². The van der Waals surface area contributed by atoms with E-state index in [2.05, 4.69) is 5.32 Å². The molecule has 14 nitrogen and oxygen atoms in total. The van der Waals surface area contributed by atoms with Crippen molar-refractivity contribution in [1.82, 2.24) is 10.0 Å². The number of carbonyl (C=O) groups excluding carboxylic acids is 1. The zero-order valence-electron chi connectivity index (χ0n) is 24.4. The highest BCUT2D eigenvalue weighted by Crippen LogP contribution is 2.44. The molecule has 1 unspecified atom stereocenters. The van der Waals surface area contributed by atoms with E-state index in [1.54, 1.807) is 0 Å². The van der Waals surface area contributed by atoms with E-state index >= 15 is 0 Å². The number of halogens is 3. The van der Waals surface area contributed by atoms with Crippen LogP contribution in [0.1, 0.15) is 21.5 Å². The molecule has 7 N–H and O–H groups in total. The third-order valence-corrected chi connectivity index (χ3v) is 10.5. The number of aromatic hydroxyl groups is 2. The molecule has 0 fully saturated rings. The first-order valence-electron chi connectivity index (χ1n) is 13.5. The van der Waals surface area contributed by atoms with E-state index in [9.17, 15) is 46.1 Å². The lowest BCUT2D eigenvalue weighted by Gasteiger charge is -2.16. The molecule has 0 saturated carbocycles. The summed E-state index contributed by atoms with van der Waals surface area (Å²) in [5.74, 6) is -2.08. The molecule has 1 heterocycles. The average Bonchev–Trinajstić information content (AvgIpc) is 3.45. The van der Waals surface area contributed by atoms with Gasteiger partial charge in [0.25, 0.3) is 15.9 Å². The fraction of sp³-hybridized carbons (Fsp3) is 0.214. The van der Waals surface area contributed by atoms with E-state index in [1.807, 2.05) is 4.72 Å². The number of nitrogens with one attached hydrogen (secondary N) is 2. The van der Waals surface area contributed by atoms with Gasteiger partial charge in [-0.1, -0.05) is 6.07 Å². The number of hydrogen-bond acceptors (Lipinski definition) is 12. The molecule has 0 aliphatic carbocycles. The van der Waals surface area contributed by atoms with Crippen molar-refractivity contribution in [2.75, 3.05) is 32.6 Å². The van der Waals surface area contributed by atoms with Gasteiger partial charge in [0, 0.05) is 17.3 Å². The molecule has 1 aromatic heterocycles. The molecule has 3 aromatic carbocycles. The van der Waals surface area contributed by atoms with Crippen LogP contribution in [0.3, 0.4) is 0 Å². The third kappa shape index (κ3) is 8.86. The Kier molecular flexibility index (Phi) is 11.1. The lowest BCUT2D eigenvalue weighted by atomic mass is 10.1. The van der Waals surface area contributed by atoms with E-state index in [4.69, 9.17) is 25.0 Å². The summed E-state index contributed by atoms with van der Waals surface area (Å²) in [6, 6.07) is 11.4. The van der Waals surface area contributed by atoms with Crippen LogP contribution in [0.25, 0.3) is 10.1 Å². The Hall–Kier alpha value is -4.57. The van der Waals surface area contributed by atoms with Gasteiger partial charge in [-0.3, -0.25) is 4.79 Å². The number of nitriles is 1. The van der Waals surface area contributed by atoms with Gasteiger partial charge in [-0.05, 0) is 47.9 Å². The maximum absolute atomic E-state index is 13.2. The smallest absolute Gasteiger partial charge is 0.417 e. The minimum atomic E-state index is -4.96. The van der Waals surface area contributed by atoms with Crippen LogP contribution in [-0.4, -0.2) is 62.0 Å². The Morgan fingerprint density at radius 1 is 1.06 bits per heavy atom. The van der Waals surface area contributed by atoms with Gasteiger partial charge in [0.2, 0.25) is 0 Å². The van der Waals surface area contributed by atoms with Gasteiger partial charge in [0.1, 0.15) is 29.5 Å². The Bertz CT molecular complexity index is 2030. The molecule has 256 valence electrons. The number of hydrogen-bond donors (Lipinski definition) is 6. The fourth-order valence-electron chi connectivity index (χ4n) is 4.03. The first-order valence-corrected chi connectivity index (χ1v) is 17.6. The van der Waals surface area contributed by atoms with Crippen LogP contribution >= 0.6 is 18.9 Å². The van der Waals surface area contributed by atoms with Gasteiger partial charge >= 0.3 is 13.8 Å². The molecule has 0 bridgehead atoms. The zero-order valence-corrected chi connectivity index (χ0v) is 26.9. The summed E-state index contributed by atoms with van der Waals surface area (Å²) >= 11 is 0.770. The van der Waals surface area contributed by atoms with Crippen molar-refractivity contribution in [2.45, 2.75) is 10.4 Å². The number of ether oxygens (including phenoxy) is 2. The van der Waals surface area contributed by atoms with Gasteiger partial charge in [-0.2, -0.15) is 23.2 Å². The number of fused-ring (bicyclic) bond motifs is 1. The van der Waals surface area contributed by atoms with Crippen LogP contribution in [0.5, 0.6) is 28.7 Å². The molecule has 0 saturated heterocycles. The van der Waals surface area contributed by atoms with E-state index in [1.165, 1.54) is 42.5 Å². The van der Waals surface area contributed by atoms with E-state index in [0.717, 1.165) is 23.5 Å². The standard InChI is InChI=1S/C28H26F3N4O10PS2/c29-28(30,31)20-12-18(5-4-16(20)14-33)45-46(39,40)15-35-48(41,42)25-11-17-10-22(23(43-8-6-32)13-24(17)47-25)44-9-7-34-27(38)19-2-1-3-21(36)26(19)37/h1-5,10-13,35-37H,6-9,15,32H2,(H,34,38)(H,39,40). The lowest BCUT2D eigenvalue weighted by Crippen LogP contribution is -2.28. The highest BCUT2D eigenvalue weighted by atomic mass is 32.2. The monoisotopic (exact) mass is 730 g/mol. The van der Waals surface area contributed by atoms with Crippen molar-refractivity contribution in [3.63, 3.8) is 0 Å². The van der Waals surface area contributed by atoms with Crippen molar-refractivity contribution in [3.8, 4) is 34.8 Å². The summed E-state index contributed by atoms with van der Waals surface area (Å²) in [6.45, 7) is 0.0715. The Morgan fingerprint density at radius 2 is 1.77 bits per heavy atom. The summed E-state index contributed by atoms with van der Waals surface area (Å²) in [5, 5.41) is 31.3. The van der Waals surface area contributed by atoms with Crippen molar-refractivity contribution in [1.29, 1.82) is 5.26 Å². The molecular formula is C28H26F3N4O10PS2. The number of alkyl halides is 3. The fourth-order valence-corrected chi connectivity index (χ4v) is 7.99. The van der Waals surface area contributed by atoms with Gasteiger partial charge in [-0.15, -0.1) is 11.3 Å². The summed E-state index contributed by atoms with van der Waals surface area (Å²) in [4.78, 5) is 22.5. The van der Waals surface area contributed by atoms with Gasteiger partial charge < -0.3 is 40.2 Å². The first kappa shape index (κ1) is 36.3. The van der Waals surface area contributed by atoms with Gasteiger partial charge in [0.05, 0.1) is 29.3 Å². The number of nitrogens with zero attached hydrogens (tertiary/aromatic N) is 1. The maximum atomic E-state index is 13.2. The van der Waals surface area contributed by atoms with E-state index in [-0.39, 0.29) is 47.6 Å². The van der Waals surface area contributed by atoms with Crippen molar-refractivity contribution in [3.05, 3.63) is 71.3 Å². The van der Waals surface area contributed by atoms with Crippen LogP contribution in [0.2, 0.25) is 0 Å². The predicted molar refractivity (Wildman–Crippen MR) is 166 cm³/mol. The number of thiophene rings is 1. The molecule has 0 aliphatic heterocycles. The number of benzene rings is 3. The van der Waals surface area contributed by atoms with Crippen LogP contribution < -0.4 is 29.8 Å². The quantitative estimate of drug-likeness (QED) is 0.0618. The van der Waals surface area contributed by atoms with Gasteiger partial charge in [0.15, 0.2) is 23.0 Å². The molecule has 4 rings (SSSR count). The molecule has 0 radical (unpaired) electrons. The number of rotatable bonds is 14. The number of phenolic OH excluding ortho intramolecular Hbond substituents is 2. The second-order valence-electron chi connectivity index (χ2n) is 9.67. The maximum Gasteiger partial charge on any atom is 0.417 e. The molecule has 1 atom stereocenters. The van der Waals surface area contributed by atoms with Crippen LogP contribution in [0, 0.1) is 11.3 Å². The van der Waals surface area contributed by atoms with Gasteiger partial charge in [-0.25, -0.2) is 13.0 Å². The van der Waals surface area contributed by atoms with Crippen molar-refractivity contribution in [2.24, 2.45) is 5.73 Å². The molecular weight excluding hydrogens is 704 g/mol. The Morgan fingerprint density at radius 3 is 2.46 bits per heavy atom. The first-order chi connectivity index (χ1) is 22.5. The molecule has 1 amide bonds. The minimum Gasteiger partial charge on any atom is -0.504 e. The Balaban J connectivity index is 1.46. The summed E-state index contributed by atoms with van der Waals surface area (Å²) in [7, 11) is -9.33. The number of phenols is 2. The number of para-hydroxylation sites is 1. The summed E-state index contributed by atoms with van der Waals surface area (Å²) < 4.78 is 96.6. The second-order valence-corrected chi connectivity index (χ2v) is 14.5. The largest absolute Gasteiger partial charge is 0.504 e. The minimum absolute atomic E-state index is 0.0429. The number of carbonyl (C=O) groups is 1. The topological polar surface area (TPSA) is 231 Å². The molecule has 0 spiro atoms. The normalized spacial score (nSPS) is 13.0. The number of sulfonamides is 1. The number of nitrogens with two attached hydrogens (primary N) is 1. The lowest BCUT2D eigenvalue weighted by molar-refractivity contribution is -0.137. The summed E-state index contributed by atoms with van der Waals surface area (Å²) in [6.07, 6.45) is -6.15. The SMILES string of the molecule is N#Cc1ccc(OP(=O)(O)CNS(=O)(=O)c2cc3cc(OCCNC(=O)c4cccc(O)c4O)c(OCCN)cc3s2)cc1C(F)(F)F. The second kappa shape index (κ2) is 14.7. The van der Waals surface area contributed by atoms with E-state index in [0.29, 0.717) is 16.2 Å². The average molecular weight is 731 g/mol. The third-order valence-electron chi connectivity index (χ3n) is 6.22. The van der Waals surface area contributed by atoms with Crippen LogP contribution in [-0.2, 0) is 20.8 Å². The zero-order chi connectivity index (χ0) is 35.3. The molecule has 4 aromatic rings. The molecule has 0 aliphatic rings. The molecule has 20 heteroatoms. The van der Waals surface area contributed by atoms with Crippen molar-refractivity contribution < 1.29 is 60.1 Å². The van der Waals surface area contributed by atoms with Crippen LogP contribution in [0.15, 0.2) is 58.8 Å². The molecule has 48 heavy (non-hydrogen) atoms. The van der Waals surface area contributed by atoms with E-state index < -0.39 is 64.4 Å².